The molecule has 1 unspecified atom stereocenters. The monoisotopic (exact) mass is 284 g/mol. The zero-order chi connectivity index (χ0) is 12.6. The molecule has 1 fully saturated rings. The van der Waals surface area contributed by atoms with E-state index in [-0.39, 0.29) is 0 Å². The quantitative estimate of drug-likeness (QED) is 0.906. The third-order valence-corrected chi connectivity index (χ3v) is 4.83. The average Bonchev–Trinajstić information content (AvgIpc) is 2.93. The van der Waals surface area contributed by atoms with E-state index in [1.165, 1.54) is 11.8 Å². The molecule has 0 radical (unpaired) electrons. The van der Waals surface area contributed by atoms with Crippen molar-refractivity contribution in [2.45, 2.75) is 23.2 Å². The second-order valence-corrected chi connectivity index (χ2v) is 5.75. The summed E-state index contributed by atoms with van der Waals surface area (Å²) in [5.41, 5.74) is 0. The molecule has 3 nitrogen and oxygen atoms in total. The van der Waals surface area contributed by atoms with Crippen molar-refractivity contribution < 1.29 is 14.6 Å². The van der Waals surface area contributed by atoms with Crippen molar-refractivity contribution in [1.82, 2.24) is 0 Å². The summed E-state index contributed by atoms with van der Waals surface area (Å²) in [6.45, 7) is 1.07. The number of thioether (sulfide) groups is 1. The molecule has 18 heavy (non-hydrogen) atoms. The lowest BCUT2D eigenvalue weighted by Gasteiger charge is -2.24. The fraction of sp³-hybridized carbons (Fsp3) is 0.385. The number of ether oxygens (including phenoxy) is 2. The Morgan fingerprint density at radius 3 is 2.56 bits per heavy atom. The summed E-state index contributed by atoms with van der Waals surface area (Å²) in [5.74, 6) is -0.836. The van der Waals surface area contributed by atoms with Gasteiger partial charge in [0, 0.05) is 11.3 Å². The molecule has 0 bridgehead atoms. The lowest BCUT2D eigenvalue weighted by Crippen LogP contribution is -2.30. The number of rotatable bonds is 2. The lowest BCUT2D eigenvalue weighted by molar-refractivity contribution is -0.127. The molecular formula is C13H13ClO3S. The third kappa shape index (κ3) is 2.08. The fourth-order valence-electron chi connectivity index (χ4n) is 2.21. The molecule has 1 aliphatic carbocycles. The maximum atomic E-state index is 9.91. The van der Waals surface area contributed by atoms with Gasteiger partial charge in [0.05, 0.1) is 29.3 Å². The van der Waals surface area contributed by atoms with E-state index in [0.717, 1.165) is 9.80 Å². The maximum Gasteiger partial charge on any atom is 0.205 e. The summed E-state index contributed by atoms with van der Waals surface area (Å²) in [6.07, 6.45) is -0.322. The second-order valence-electron chi connectivity index (χ2n) is 4.26. The van der Waals surface area contributed by atoms with Gasteiger partial charge in [0.25, 0.3) is 0 Å². The maximum absolute atomic E-state index is 9.91. The van der Waals surface area contributed by atoms with Gasteiger partial charge in [-0.15, -0.1) is 0 Å². The molecule has 0 saturated carbocycles. The molecule has 1 N–H and O–H groups in total. The van der Waals surface area contributed by atoms with E-state index in [9.17, 15) is 5.11 Å². The van der Waals surface area contributed by atoms with Crippen LogP contribution in [0.25, 0.3) is 0 Å². The van der Waals surface area contributed by atoms with Crippen molar-refractivity contribution in [3.63, 3.8) is 0 Å². The first kappa shape index (κ1) is 12.5. The van der Waals surface area contributed by atoms with Gasteiger partial charge in [-0.1, -0.05) is 41.6 Å². The first-order chi connectivity index (χ1) is 8.71. The Hall–Kier alpha value is -0.520. The molecule has 1 atom stereocenters. The van der Waals surface area contributed by atoms with E-state index in [2.05, 4.69) is 0 Å². The Bertz CT molecular complexity index is 468. The van der Waals surface area contributed by atoms with E-state index in [1.54, 1.807) is 0 Å². The van der Waals surface area contributed by atoms with Crippen molar-refractivity contribution in [3.8, 4) is 0 Å². The minimum Gasteiger partial charge on any atom is -0.387 e. The van der Waals surface area contributed by atoms with Crippen LogP contribution in [0.2, 0.25) is 0 Å². The van der Waals surface area contributed by atoms with Gasteiger partial charge in [0.15, 0.2) is 0 Å². The Morgan fingerprint density at radius 1 is 1.22 bits per heavy atom. The van der Waals surface area contributed by atoms with E-state index >= 15 is 0 Å². The van der Waals surface area contributed by atoms with Crippen LogP contribution in [0.15, 0.2) is 45.2 Å². The molecule has 3 rings (SSSR count). The molecule has 1 aromatic rings. The molecule has 5 heteroatoms. The standard InChI is InChI=1S/C13H13ClO3S/c14-11-10(15)8-13(16-6-7-17-13)12(11)18-9-4-2-1-3-5-9/h1-5,10,15H,6-8H2. The summed E-state index contributed by atoms with van der Waals surface area (Å²) < 4.78 is 11.4. The summed E-state index contributed by atoms with van der Waals surface area (Å²) in [6, 6.07) is 9.88. The van der Waals surface area contributed by atoms with Crippen LogP contribution in [-0.2, 0) is 9.47 Å². The van der Waals surface area contributed by atoms with Gasteiger partial charge in [0.2, 0.25) is 5.79 Å². The number of halogens is 1. The van der Waals surface area contributed by atoms with E-state index in [4.69, 9.17) is 21.1 Å². The van der Waals surface area contributed by atoms with Crippen LogP contribution in [0.1, 0.15) is 6.42 Å². The van der Waals surface area contributed by atoms with Gasteiger partial charge in [-0.2, -0.15) is 0 Å². The van der Waals surface area contributed by atoms with Crippen LogP contribution >= 0.6 is 23.4 Å². The number of aliphatic hydroxyl groups is 1. The van der Waals surface area contributed by atoms with Crippen LogP contribution in [0.4, 0.5) is 0 Å². The molecular weight excluding hydrogens is 272 g/mol. The fourth-order valence-corrected chi connectivity index (χ4v) is 3.66. The summed E-state index contributed by atoms with van der Waals surface area (Å²) >= 11 is 7.69. The summed E-state index contributed by atoms with van der Waals surface area (Å²) in [4.78, 5) is 1.83. The lowest BCUT2D eigenvalue weighted by atomic mass is 10.2. The molecule has 96 valence electrons. The topological polar surface area (TPSA) is 38.7 Å². The normalized spacial score (nSPS) is 26.2. The van der Waals surface area contributed by atoms with Crippen molar-refractivity contribution in [3.05, 3.63) is 40.3 Å². The minimum absolute atomic E-state index is 0.376. The predicted molar refractivity (Wildman–Crippen MR) is 70.4 cm³/mol. The van der Waals surface area contributed by atoms with Gasteiger partial charge in [-0.05, 0) is 12.1 Å². The largest absolute Gasteiger partial charge is 0.387 e. The molecule has 1 saturated heterocycles. The van der Waals surface area contributed by atoms with Crippen LogP contribution in [0, 0.1) is 0 Å². The molecule has 1 aromatic carbocycles. The third-order valence-electron chi connectivity index (χ3n) is 3.03. The zero-order valence-electron chi connectivity index (χ0n) is 9.64. The van der Waals surface area contributed by atoms with Crippen LogP contribution in [0.3, 0.4) is 0 Å². The molecule has 1 heterocycles. The average molecular weight is 285 g/mol. The van der Waals surface area contributed by atoms with Crippen molar-refractivity contribution in [2.75, 3.05) is 13.2 Å². The Balaban J connectivity index is 1.92. The van der Waals surface area contributed by atoms with Gasteiger partial charge in [-0.3, -0.25) is 0 Å². The van der Waals surface area contributed by atoms with Crippen molar-refractivity contribution in [1.29, 1.82) is 0 Å². The summed E-state index contributed by atoms with van der Waals surface area (Å²) in [5, 5.41) is 10.3. The van der Waals surface area contributed by atoms with Crippen LogP contribution in [-0.4, -0.2) is 30.2 Å². The Kier molecular flexibility index (Phi) is 3.38. The number of benzene rings is 1. The molecule has 1 spiro atoms. The van der Waals surface area contributed by atoms with Crippen LogP contribution in [0.5, 0.6) is 0 Å². The van der Waals surface area contributed by atoms with Gasteiger partial charge >= 0.3 is 0 Å². The second kappa shape index (κ2) is 4.87. The number of hydrogen-bond donors (Lipinski definition) is 1. The number of hydrogen-bond acceptors (Lipinski definition) is 4. The van der Waals surface area contributed by atoms with Crippen LogP contribution < -0.4 is 0 Å². The van der Waals surface area contributed by atoms with Crippen molar-refractivity contribution in [2.24, 2.45) is 0 Å². The first-order valence-electron chi connectivity index (χ1n) is 5.80. The van der Waals surface area contributed by atoms with E-state index < -0.39 is 11.9 Å². The number of aliphatic hydroxyl groups excluding tert-OH is 1. The first-order valence-corrected chi connectivity index (χ1v) is 7.00. The van der Waals surface area contributed by atoms with Gasteiger partial charge < -0.3 is 14.6 Å². The molecule has 0 aromatic heterocycles. The SMILES string of the molecule is OC1CC2(OCCO2)C(Sc2ccccc2)=C1Cl. The highest BCUT2D eigenvalue weighted by molar-refractivity contribution is 8.03. The predicted octanol–water partition coefficient (Wildman–Crippen LogP) is 2.74. The van der Waals surface area contributed by atoms with Crippen molar-refractivity contribution >= 4 is 23.4 Å². The highest BCUT2D eigenvalue weighted by atomic mass is 35.5. The van der Waals surface area contributed by atoms with E-state index in [1.807, 2.05) is 30.3 Å². The Labute approximate surface area is 115 Å². The molecule has 2 aliphatic rings. The zero-order valence-corrected chi connectivity index (χ0v) is 11.2. The van der Waals surface area contributed by atoms with Gasteiger partial charge in [0.1, 0.15) is 0 Å². The summed E-state index contributed by atoms with van der Waals surface area (Å²) in [7, 11) is 0. The van der Waals surface area contributed by atoms with E-state index in [0.29, 0.717) is 24.7 Å². The highest BCUT2D eigenvalue weighted by Crippen LogP contribution is 2.50. The molecule has 0 amide bonds. The minimum atomic E-state index is -0.836. The Morgan fingerprint density at radius 2 is 1.89 bits per heavy atom. The molecule has 1 aliphatic heterocycles. The highest BCUT2D eigenvalue weighted by Gasteiger charge is 2.50. The smallest absolute Gasteiger partial charge is 0.205 e. The van der Waals surface area contributed by atoms with Gasteiger partial charge in [-0.25, -0.2) is 0 Å².